The molecule has 0 unspecified atom stereocenters. The first kappa shape index (κ1) is 24.2. The van der Waals surface area contributed by atoms with Gasteiger partial charge >= 0.3 is 0 Å². The van der Waals surface area contributed by atoms with Gasteiger partial charge in [-0.2, -0.15) is 4.31 Å². The number of ether oxygens (including phenoxy) is 1. The molecule has 1 saturated heterocycles. The molecule has 2 aromatic rings. The maximum Gasteiger partial charge on any atom is 0.244 e. The van der Waals surface area contributed by atoms with Crippen LogP contribution in [0.4, 0.5) is 11.4 Å². The molecule has 0 radical (unpaired) electrons. The number of methoxy groups -OCH3 is 1. The Morgan fingerprint density at radius 1 is 1.00 bits per heavy atom. The molecule has 9 heteroatoms. The average molecular weight is 486 g/mol. The number of amides is 2. The second-order valence-electron chi connectivity index (χ2n) is 8.69. The number of rotatable bonds is 6. The molecule has 2 heterocycles. The molecule has 0 saturated carbocycles. The molecule has 1 fully saturated rings. The van der Waals surface area contributed by atoms with Crippen molar-refractivity contribution in [3.8, 4) is 5.75 Å². The van der Waals surface area contributed by atoms with Crippen molar-refractivity contribution in [2.75, 3.05) is 37.0 Å². The van der Waals surface area contributed by atoms with E-state index in [4.69, 9.17) is 4.74 Å². The first-order valence-electron chi connectivity index (χ1n) is 11.8. The van der Waals surface area contributed by atoms with Crippen molar-refractivity contribution in [3.05, 3.63) is 48.0 Å². The lowest BCUT2D eigenvalue weighted by atomic mass is 10.1. The Bertz CT molecular complexity index is 1160. The van der Waals surface area contributed by atoms with Crippen molar-refractivity contribution < 1.29 is 22.7 Å². The van der Waals surface area contributed by atoms with Crippen molar-refractivity contribution in [2.45, 2.75) is 49.8 Å². The van der Waals surface area contributed by atoms with Crippen LogP contribution in [0.3, 0.4) is 0 Å². The number of benzene rings is 2. The molecule has 2 aromatic carbocycles. The number of fused-ring (bicyclic) bond motifs is 1. The van der Waals surface area contributed by atoms with Gasteiger partial charge in [0.2, 0.25) is 21.8 Å². The molecule has 0 spiro atoms. The molecule has 8 nitrogen and oxygen atoms in total. The number of hydrogen-bond donors (Lipinski definition) is 1. The molecular weight excluding hydrogens is 454 g/mol. The highest BCUT2D eigenvalue weighted by molar-refractivity contribution is 7.89. The summed E-state index contributed by atoms with van der Waals surface area (Å²) in [6.45, 7) is 0.905. The summed E-state index contributed by atoms with van der Waals surface area (Å²) < 4.78 is 33.4. The van der Waals surface area contributed by atoms with Gasteiger partial charge in [-0.05, 0) is 61.6 Å². The van der Waals surface area contributed by atoms with Crippen LogP contribution in [0, 0.1) is 0 Å². The van der Waals surface area contributed by atoms with E-state index in [1.165, 1.54) is 12.0 Å². The lowest BCUT2D eigenvalue weighted by Crippen LogP contribution is -2.38. The quantitative estimate of drug-likeness (QED) is 0.675. The van der Waals surface area contributed by atoms with Gasteiger partial charge in [-0.25, -0.2) is 8.42 Å². The zero-order valence-corrected chi connectivity index (χ0v) is 20.3. The van der Waals surface area contributed by atoms with Crippen molar-refractivity contribution >= 4 is 33.2 Å². The number of para-hydroxylation sites is 2. The van der Waals surface area contributed by atoms with Gasteiger partial charge in [0.1, 0.15) is 12.3 Å². The minimum Gasteiger partial charge on any atom is -0.495 e. The summed E-state index contributed by atoms with van der Waals surface area (Å²) in [5.41, 5.74) is 1.88. The van der Waals surface area contributed by atoms with Crippen LogP contribution in [0.5, 0.6) is 5.75 Å². The molecule has 0 bridgehead atoms. The maximum absolute atomic E-state index is 13.3. The van der Waals surface area contributed by atoms with Crippen LogP contribution in [-0.4, -0.2) is 51.3 Å². The van der Waals surface area contributed by atoms with E-state index in [2.05, 4.69) is 5.32 Å². The molecule has 0 atom stereocenters. The van der Waals surface area contributed by atoms with Crippen LogP contribution in [-0.2, 0) is 26.0 Å². The molecule has 4 rings (SSSR count). The van der Waals surface area contributed by atoms with Gasteiger partial charge in [0.25, 0.3) is 0 Å². The summed E-state index contributed by atoms with van der Waals surface area (Å²) in [5.74, 6) is 0.0193. The Kier molecular flexibility index (Phi) is 7.53. The minimum absolute atomic E-state index is 0.156. The molecule has 1 N–H and O–H groups in total. The summed E-state index contributed by atoms with van der Waals surface area (Å²) >= 11 is 0. The van der Waals surface area contributed by atoms with Gasteiger partial charge in [0.05, 0.1) is 17.7 Å². The standard InChI is InChI=1S/C25H31N3O5S/c1-33-23-11-5-4-10-21(23)26-24(29)18-28-22-14-13-20(17-19(22)9-8-12-25(28)30)34(31,32)27-15-6-2-3-7-16-27/h4-5,10-11,13-14,17H,2-3,6-9,12,15-16,18H2,1H3,(H,26,29). The van der Waals surface area contributed by atoms with Gasteiger partial charge in [-0.1, -0.05) is 25.0 Å². The van der Waals surface area contributed by atoms with E-state index in [-0.39, 0.29) is 23.3 Å². The minimum atomic E-state index is -3.60. The summed E-state index contributed by atoms with van der Waals surface area (Å²) in [6.07, 6.45) is 5.31. The Balaban J connectivity index is 1.58. The van der Waals surface area contributed by atoms with Crippen LogP contribution in [0.15, 0.2) is 47.4 Å². The number of carbonyl (C=O) groups is 2. The highest BCUT2D eigenvalue weighted by atomic mass is 32.2. The Hall–Kier alpha value is -2.91. The zero-order valence-electron chi connectivity index (χ0n) is 19.5. The van der Waals surface area contributed by atoms with E-state index in [0.29, 0.717) is 49.5 Å². The van der Waals surface area contributed by atoms with E-state index in [9.17, 15) is 18.0 Å². The van der Waals surface area contributed by atoms with Crippen LogP contribution in [0.25, 0.3) is 0 Å². The summed E-state index contributed by atoms with van der Waals surface area (Å²) in [4.78, 5) is 27.4. The number of aryl methyl sites for hydroxylation is 1. The lowest BCUT2D eigenvalue weighted by Gasteiger charge is -2.24. The third kappa shape index (κ3) is 5.26. The van der Waals surface area contributed by atoms with Gasteiger partial charge in [-0.3, -0.25) is 9.59 Å². The monoisotopic (exact) mass is 485 g/mol. The third-order valence-corrected chi connectivity index (χ3v) is 8.26. The number of carbonyl (C=O) groups excluding carboxylic acids is 2. The molecule has 0 aliphatic carbocycles. The van der Waals surface area contributed by atoms with E-state index in [1.807, 2.05) is 0 Å². The largest absolute Gasteiger partial charge is 0.495 e. The first-order valence-corrected chi connectivity index (χ1v) is 13.2. The molecule has 182 valence electrons. The number of sulfonamides is 1. The predicted octanol–water partition coefficient (Wildman–Crippen LogP) is 3.57. The fraction of sp³-hybridized carbons (Fsp3) is 0.440. The Morgan fingerprint density at radius 2 is 1.74 bits per heavy atom. The van der Waals surface area contributed by atoms with Gasteiger partial charge in [0.15, 0.2) is 0 Å². The lowest BCUT2D eigenvalue weighted by molar-refractivity contribution is -0.121. The van der Waals surface area contributed by atoms with Gasteiger partial charge in [-0.15, -0.1) is 0 Å². The normalized spacial score (nSPS) is 17.4. The van der Waals surface area contributed by atoms with Crippen molar-refractivity contribution in [3.63, 3.8) is 0 Å². The number of nitrogens with zero attached hydrogens (tertiary/aromatic N) is 2. The van der Waals surface area contributed by atoms with E-state index in [1.54, 1.807) is 46.8 Å². The van der Waals surface area contributed by atoms with Gasteiger partial charge < -0.3 is 15.0 Å². The van der Waals surface area contributed by atoms with Crippen LogP contribution in [0.2, 0.25) is 0 Å². The summed E-state index contributed by atoms with van der Waals surface area (Å²) in [5, 5.41) is 2.80. The second kappa shape index (κ2) is 10.6. The van der Waals surface area contributed by atoms with Crippen molar-refractivity contribution in [2.24, 2.45) is 0 Å². The van der Waals surface area contributed by atoms with Crippen LogP contribution < -0.4 is 15.0 Å². The van der Waals surface area contributed by atoms with Crippen LogP contribution in [0.1, 0.15) is 44.1 Å². The summed E-state index contributed by atoms with van der Waals surface area (Å²) in [7, 11) is -2.07. The molecule has 0 aromatic heterocycles. The molecule has 2 aliphatic rings. The maximum atomic E-state index is 13.3. The molecule has 34 heavy (non-hydrogen) atoms. The molecule has 2 amide bonds. The van der Waals surface area contributed by atoms with Crippen LogP contribution >= 0.6 is 0 Å². The Morgan fingerprint density at radius 3 is 2.47 bits per heavy atom. The summed E-state index contributed by atoms with van der Waals surface area (Å²) in [6, 6.07) is 12.0. The number of nitrogens with one attached hydrogen (secondary N) is 1. The third-order valence-electron chi connectivity index (χ3n) is 6.37. The number of hydrogen-bond acceptors (Lipinski definition) is 5. The van der Waals surface area contributed by atoms with E-state index < -0.39 is 10.0 Å². The fourth-order valence-corrected chi connectivity index (χ4v) is 6.14. The first-order chi connectivity index (χ1) is 16.4. The fourth-order valence-electron chi connectivity index (χ4n) is 4.57. The highest BCUT2D eigenvalue weighted by Gasteiger charge is 2.29. The smallest absolute Gasteiger partial charge is 0.244 e. The van der Waals surface area contributed by atoms with E-state index >= 15 is 0 Å². The highest BCUT2D eigenvalue weighted by Crippen LogP contribution is 2.31. The topological polar surface area (TPSA) is 96.0 Å². The average Bonchev–Trinajstić information content (AvgIpc) is 3.20. The van der Waals surface area contributed by atoms with Crippen molar-refractivity contribution in [1.29, 1.82) is 0 Å². The van der Waals surface area contributed by atoms with Gasteiger partial charge in [0, 0.05) is 25.2 Å². The second-order valence-corrected chi connectivity index (χ2v) is 10.6. The Labute approximate surface area is 200 Å². The number of anilines is 2. The SMILES string of the molecule is COc1ccccc1NC(=O)CN1C(=O)CCCc2cc(S(=O)(=O)N3CCCCCC3)ccc21. The van der Waals surface area contributed by atoms with Crippen molar-refractivity contribution in [1.82, 2.24) is 4.31 Å². The predicted molar refractivity (Wildman–Crippen MR) is 131 cm³/mol. The molecule has 2 aliphatic heterocycles. The molecular formula is C25H31N3O5S. The van der Waals surface area contributed by atoms with E-state index in [0.717, 1.165) is 31.2 Å². The zero-order chi connectivity index (χ0) is 24.1.